The summed E-state index contributed by atoms with van der Waals surface area (Å²) in [7, 11) is 0. The van der Waals surface area contributed by atoms with Crippen molar-refractivity contribution in [2.45, 2.75) is 43.3 Å². The van der Waals surface area contributed by atoms with Crippen LogP contribution in [0.2, 0.25) is 5.02 Å². The third kappa shape index (κ3) is 5.44. The molecule has 4 unspecified atom stereocenters. The van der Waals surface area contributed by atoms with Gasteiger partial charge in [-0.3, -0.25) is 20.3 Å². The molecule has 3 aromatic carbocycles. The van der Waals surface area contributed by atoms with Gasteiger partial charge < -0.3 is 4.74 Å². The van der Waals surface area contributed by atoms with Gasteiger partial charge in [0.1, 0.15) is 23.8 Å². The molecule has 3 N–H and O–H groups in total. The molecule has 3 aromatic rings. The van der Waals surface area contributed by atoms with Crippen molar-refractivity contribution in [3.05, 3.63) is 107 Å². The minimum atomic E-state index is -0.954. The Bertz CT molecular complexity index is 1370. The number of thioether (sulfide) groups is 1. The van der Waals surface area contributed by atoms with Gasteiger partial charge in [0, 0.05) is 17.1 Å². The molecule has 8 heteroatoms. The topological polar surface area (TPSA) is 71.9 Å². The van der Waals surface area contributed by atoms with Crippen LogP contribution < -0.4 is 15.5 Å². The zero-order valence-electron chi connectivity index (χ0n) is 21.4. The molecule has 38 heavy (non-hydrogen) atoms. The molecule has 2 aliphatic heterocycles. The molecule has 0 aliphatic carbocycles. The fraction of sp³-hybridized carbons (Fsp3) is 0.267. The van der Waals surface area contributed by atoms with Crippen LogP contribution in [0.1, 0.15) is 25.0 Å². The maximum Gasteiger partial charge on any atom is 0.347 e. The Kier molecular flexibility index (Phi) is 8.02. The highest BCUT2D eigenvalue weighted by Crippen LogP contribution is 2.35. The summed E-state index contributed by atoms with van der Waals surface area (Å²) in [4.78, 5) is 27.6. The molecule has 1 fully saturated rings. The van der Waals surface area contributed by atoms with Crippen molar-refractivity contribution >= 4 is 35.1 Å². The molecule has 196 valence electrons. The fourth-order valence-corrected chi connectivity index (χ4v) is 6.91. The number of halogens is 1. The second-order valence-electron chi connectivity index (χ2n) is 9.64. The average Bonchev–Trinajstić information content (AvgIpc) is 3.28. The number of hydrogen-bond acceptors (Lipinski definition) is 6. The number of ether oxygens (including phenoxy) is 1. The summed E-state index contributed by atoms with van der Waals surface area (Å²) >= 11 is 7.83. The van der Waals surface area contributed by atoms with E-state index in [0.717, 1.165) is 27.2 Å². The van der Waals surface area contributed by atoms with E-state index < -0.39 is 11.5 Å². The van der Waals surface area contributed by atoms with Gasteiger partial charge in [-0.25, -0.2) is 4.79 Å². The Hall–Kier alpha value is -2.94. The van der Waals surface area contributed by atoms with E-state index in [0.29, 0.717) is 18.1 Å². The molecule has 4 atom stereocenters. The first-order valence-corrected chi connectivity index (χ1v) is 14.0. The molecule has 0 radical (unpaired) electrons. The van der Waals surface area contributed by atoms with Gasteiger partial charge in [0.15, 0.2) is 10.9 Å². The van der Waals surface area contributed by atoms with Crippen molar-refractivity contribution < 1.29 is 19.2 Å². The number of ketones is 1. The van der Waals surface area contributed by atoms with Gasteiger partial charge in [-0.15, -0.1) is 0 Å². The fourth-order valence-electron chi connectivity index (χ4n) is 5.16. The predicted octanol–water partition coefficient (Wildman–Crippen LogP) is 3.92. The highest BCUT2D eigenvalue weighted by molar-refractivity contribution is 8.00. The summed E-state index contributed by atoms with van der Waals surface area (Å²) in [6.45, 7) is 5.05. The number of carbonyl (C=O) groups is 2. The van der Waals surface area contributed by atoms with Crippen molar-refractivity contribution in [2.75, 3.05) is 6.61 Å². The second kappa shape index (κ2) is 11.4. The lowest BCUT2D eigenvalue weighted by Crippen LogP contribution is -3.13. The summed E-state index contributed by atoms with van der Waals surface area (Å²) < 4.78 is 5.28. The highest BCUT2D eigenvalue weighted by Gasteiger charge is 2.59. The van der Waals surface area contributed by atoms with E-state index in [-0.39, 0.29) is 28.8 Å². The lowest BCUT2D eigenvalue weighted by atomic mass is 9.87. The molecule has 0 spiro atoms. The molecular weight excluding hydrogens is 518 g/mol. The minimum absolute atomic E-state index is 0.0985. The van der Waals surface area contributed by atoms with Crippen LogP contribution in [0.25, 0.3) is 11.1 Å². The number of quaternary nitrogens is 1. The van der Waals surface area contributed by atoms with Crippen LogP contribution in [-0.4, -0.2) is 34.8 Å². The van der Waals surface area contributed by atoms with E-state index in [1.165, 1.54) is 0 Å². The molecule has 0 bridgehead atoms. The lowest BCUT2D eigenvalue weighted by molar-refractivity contribution is -0.876. The number of nitrogens with one attached hydrogen (secondary N) is 3. The number of esters is 1. The largest absolute Gasteiger partial charge is 0.462 e. The molecule has 0 aromatic heterocycles. The summed E-state index contributed by atoms with van der Waals surface area (Å²) in [5.41, 5.74) is 3.41. The zero-order chi connectivity index (χ0) is 26.7. The van der Waals surface area contributed by atoms with E-state index in [1.54, 1.807) is 24.9 Å². The summed E-state index contributed by atoms with van der Waals surface area (Å²) in [6.07, 6.45) is 1.77. The Balaban J connectivity index is 1.45. The number of Topliss-reactive ketones (excluding diaryl/α,β-unsaturated/α-hetero) is 1. The van der Waals surface area contributed by atoms with Crippen molar-refractivity contribution in [1.82, 2.24) is 10.6 Å². The zero-order valence-corrected chi connectivity index (χ0v) is 22.9. The van der Waals surface area contributed by atoms with Gasteiger partial charge >= 0.3 is 5.97 Å². The van der Waals surface area contributed by atoms with Crippen LogP contribution in [0.4, 0.5) is 0 Å². The van der Waals surface area contributed by atoms with Crippen LogP contribution >= 0.6 is 23.4 Å². The third-order valence-electron chi connectivity index (χ3n) is 6.98. The number of fused-ring (bicyclic) bond motifs is 1. The summed E-state index contributed by atoms with van der Waals surface area (Å²) in [5, 5.41) is 7.52. The van der Waals surface area contributed by atoms with Crippen molar-refractivity contribution in [2.24, 2.45) is 0 Å². The maximum atomic E-state index is 13.7. The predicted molar refractivity (Wildman–Crippen MR) is 151 cm³/mol. The Morgan fingerprint density at radius 1 is 1.11 bits per heavy atom. The number of carbonyl (C=O) groups excluding carboxylic acids is 2. The molecule has 2 aliphatic rings. The standard InChI is InChI=1S/C30H30ClN3O3S/c1-3-37-27(36)25-19-34(18-22-13-7-8-15-24(22)21-11-5-4-6-12-21)28-30(2,26(25)35)33-29(38-28)32-17-20-10-9-14-23(31)16-20/h4-16,19,28-29,32-33H,3,17-18H2,1-2H3/p+1. The molecule has 6 nitrogen and oxygen atoms in total. The SMILES string of the molecule is CCOC(=O)C1=C[NH+](Cc2ccccc2-c2ccccc2)C2SC(NCc3cccc(Cl)c3)NC2(C)C1=O. The van der Waals surface area contributed by atoms with Gasteiger partial charge in [-0.1, -0.05) is 90.1 Å². The van der Waals surface area contributed by atoms with E-state index in [4.69, 9.17) is 16.3 Å². The van der Waals surface area contributed by atoms with Gasteiger partial charge in [-0.05, 0) is 42.7 Å². The Labute approximate surface area is 232 Å². The quantitative estimate of drug-likeness (QED) is 0.293. The summed E-state index contributed by atoms with van der Waals surface area (Å²) in [5.74, 6) is -0.811. The van der Waals surface area contributed by atoms with Crippen LogP contribution in [0, 0.1) is 0 Å². The summed E-state index contributed by atoms with van der Waals surface area (Å²) in [6, 6.07) is 26.2. The minimum Gasteiger partial charge on any atom is -0.462 e. The van der Waals surface area contributed by atoms with E-state index in [9.17, 15) is 9.59 Å². The molecular formula is C30H31ClN3O3S+. The van der Waals surface area contributed by atoms with Crippen LogP contribution in [-0.2, 0) is 27.4 Å². The van der Waals surface area contributed by atoms with E-state index >= 15 is 0 Å². The van der Waals surface area contributed by atoms with Gasteiger partial charge in [0.05, 0.1) is 6.61 Å². The third-order valence-corrected chi connectivity index (χ3v) is 8.82. The molecule has 0 amide bonds. The smallest absolute Gasteiger partial charge is 0.347 e. The normalized spacial score (nSPS) is 24.6. The number of hydrogen-bond donors (Lipinski definition) is 3. The average molecular weight is 549 g/mol. The van der Waals surface area contributed by atoms with Crippen LogP contribution in [0.3, 0.4) is 0 Å². The van der Waals surface area contributed by atoms with Crippen molar-refractivity contribution in [3.63, 3.8) is 0 Å². The highest BCUT2D eigenvalue weighted by atomic mass is 35.5. The first kappa shape index (κ1) is 26.7. The van der Waals surface area contributed by atoms with Crippen molar-refractivity contribution in [3.8, 4) is 11.1 Å². The lowest BCUT2D eigenvalue weighted by Gasteiger charge is -2.36. The monoisotopic (exact) mass is 548 g/mol. The number of benzene rings is 3. The Morgan fingerprint density at radius 2 is 1.87 bits per heavy atom. The van der Waals surface area contributed by atoms with Crippen LogP contribution in [0.15, 0.2) is 90.6 Å². The van der Waals surface area contributed by atoms with Crippen molar-refractivity contribution in [1.29, 1.82) is 0 Å². The first-order valence-electron chi connectivity index (χ1n) is 12.7. The van der Waals surface area contributed by atoms with Gasteiger partial charge in [0.25, 0.3) is 0 Å². The molecule has 5 rings (SSSR count). The second-order valence-corrected chi connectivity index (χ2v) is 11.3. The van der Waals surface area contributed by atoms with Gasteiger partial charge in [-0.2, -0.15) is 0 Å². The van der Waals surface area contributed by atoms with E-state index in [2.05, 4.69) is 34.9 Å². The number of rotatable bonds is 8. The van der Waals surface area contributed by atoms with E-state index in [1.807, 2.05) is 61.5 Å². The molecule has 0 saturated carbocycles. The molecule has 1 saturated heterocycles. The Morgan fingerprint density at radius 3 is 2.63 bits per heavy atom. The van der Waals surface area contributed by atoms with Gasteiger partial charge in [0.2, 0.25) is 5.78 Å². The first-order chi connectivity index (χ1) is 18.4. The van der Waals surface area contributed by atoms with Crippen LogP contribution in [0.5, 0.6) is 0 Å². The maximum absolute atomic E-state index is 13.7. The molecule has 2 heterocycles.